The van der Waals surface area contributed by atoms with Crippen LogP contribution in [0.4, 0.5) is 20.3 Å². The SMILES string of the molecule is CC1CCCCC1n1nc(Nc2ccc3c(c2)C(F)(F)C32CCCN2)c2c(=O)[nH]ccc21. The molecule has 2 aromatic heterocycles. The number of nitrogens with one attached hydrogen (secondary N) is 3. The van der Waals surface area contributed by atoms with Crippen LogP contribution in [-0.4, -0.2) is 21.3 Å². The summed E-state index contributed by atoms with van der Waals surface area (Å²) >= 11 is 0. The van der Waals surface area contributed by atoms with Gasteiger partial charge < -0.3 is 15.6 Å². The number of fused-ring (bicyclic) bond motifs is 3. The van der Waals surface area contributed by atoms with Gasteiger partial charge in [-0.15, -0.1) is 0 Å². The lowest BCUT2D eigenvalue weighted by molar-refractivity contribution is -0.127. The normalized spacial score (nSPS) is 28.6. The van der Waals surface area contributed by atoms with Crippen LogP contribution < -0.4 is 16.2 Å². The summed E-state index contributed by atoms with van der Waals surface area (Å²) in [5.74, 6) is -2.03. The predicted octanol–water partition coefficient (Wildman–Crippen LogP) is 4.90. The summed E-state index contributed by atoms with van der Waals surface area (Å²) in [5, 5.41) is 11.5. The monoisotopic (exact) mass is 439 g/mol. The molecule has 3 N–H and O–H groups in total. The molecule has 3 unspecified atom stereocenters. The van der Waals surface area contributed by atoms with E-state index in [9.17, 15) is 4.79 Å². The molecule has 0 radical (unpaired) electrons. The molecular weight excluding hydrogens is 412 g/mol. The standard InChI is InChI=1S/C24H27F2N5O/c1-14-5-2-3-6-18(14)31-19-9-12-27-22(32)20(19)21(30-31)29-15-7-8-16-17(13-15)24(25,26)23(16)10-4-11-28-23/h7-9,12-14,18,28H,2-6,10-11H2,1H3,(H,27,32)(H,29,30). The van der Waals surface area contributed by atoms with E-state index in [2.05, 4.69) is 22.5 Å². The summed E-state index contributed by atoms with van der Waals surface area (Å²) in [6.45, 7) is 2.84. The van der Waals surface area contributed by atoms with Crippen LogP contribution in [0.25, 0.3) is 10.9 Å². The first-order chi connectivity index (χ1) is 15.4. The third-order valence-corrected chi connectivity index (χ3v) is 7.78. The second-order valence-corrected chi connectivity index (χ2v) is 9.58. The molecule has 6 rings (SSSR count). The van der Waals surface area contributed by atoms with Crippen molar-refractivity contribution in [3.05, 3.63) is 51.9 Å². The summed E-state index contributed by atoms with van der Waals surface area (Å²) in [5.41, 5.74) is 0.568. The highest BCUT2D eigenvalue weighted by atomic mass is 19.3. The molecular formula is C24H27F2N5O. The molecule has 2 fully saturated rings. The first-order valence-corrected chi connectivity index (χ1v) is 11.6. The first kappa shape index (κ1) is 19.9. The Bertz CT molecular complexity index is 1260. The molecule has 3 aliphatic rings. The van der Waals surface area contributed by atoms with Crippen LogP contribution in [0.5, 0.6) is 0 Å². The smallest absolute Gasteiger partial charge is 0.295 e. The third-order valence-electron chi connectivity index (χ3n) is 7.78. The van der Waals surface area contributed by atoms with Gasteiger partial charge in [-0.2, -0.15) is 13.9 Å². The zero-order valence-corrected chi connectivity index (χ0v) is 18.0. The number of benzene rings is 1. The van der Waals surface area contributed by atoms with Crippen molar-refractivity contribution in [1.29, 1.82) is 0 Å². The maximum Gasteiger partial charge on any atom is 0.295 e. The molecule has 1 spiro atoms. The minimum atomic E-state index is -2.91. The van der Waals surface area contributed by atoms with E-state index in [1.807, 2.05) is 10.7 Å². The van der Waals surface area contributed by atoms with Gasteiger partial charge in [0.1, 0.15) is 10.9 Å². The molecule has 1 saturated carbocycles. The number of alkyl halides is 2. The Morgan fingerprint density at radius 2 is 2.00 bits per heavy atom. The quantitative estimate of drug-likeness (QED) is 0.543. The van der Waals surface area contributed by atoms with Gasteiger partial charge in [-0.05, 0) is 61.9 Å². The lowest BCUT2D eigenvalue weighted by Crippen LogP contribution is -2.59. The average molecular weight is 440 g/mol. The minimum absolute atomic E-state index is 0.0513. The molecule has 0 amide bonds. The highest BCUT2D eigenvalue weighted by molar-refractivity contribution is 5.91. The van der Waals surface area contributed by atoms with E-state index >= 15 is 8.78 Å². The second kappa shape index (κ2) is 6.88. The highest BCUT2D eigenvalue weighted by Gasteiger charge is 2.66. The number of anilines is 2. The van der Waals surface area contributed by atoms with Crippen LogP contribution in [0.15, 0.2) is 35.3 Å². The van der Waals surface area contributed by atoms with Crippen LogP contribution in [0, 0.1) is 5.92 Å². The minimum Gasteiger partial charge on any atom is -0.338 e. The fraction of sp³-hybridized carbons (Fsp3) is 0.500. The Morgan fingerprint density at radius 3 is 2.78 bits per heavy atom. The van der Waals surface area contributed by atoms with Gasteiger partial charge in [-0.1, -0.05) is 25.8 Å². The fourth-order valence-electron chi connectivity index (χ4n) is 6.07. The number of nitrogens with zero attached hydrogens (tertiary/aromatic N) is 2. The van der Waals surface area contributed by atoms with Crippen LogP contribution in [0.3, 0.4) is 0 Å². The zero-order chi connectivity index (χ0) is 22.1. The largest absolute Gasteiger partial charge is 0.338 e. The van der Waals surface area contributed by atoms with E-state index in [1.54, 1.807) is 18.3 Å². The molecule has 3 heterocycles. The third kappa shape index (κ3) is 2.59. The molecule has 3 aromatic rings. The molecule has 32 heavy (non-hydrogen) atoms. The average Bonchev–Trinajstić information content (AvgIpc) is 3.42. The summed E-state index contributed by atoms with van der Waals surface area (Å²) in [6, 6.07) is 7.18. The van der Waals surface area contributed by atoms with Gasteiger partial charge in [0.15, 0.2) is 5.82 Å². The Hall–Kier alpha value is -2.74. The fourth-order valence-corrected chi connectivity index (χ4v) is 6.07. The number of aromatic amines is 1. The maximum absolute atomic E-state index is 15.1. The second-order valence-electron chi connectivity index (χ2n) is 9.58. The number of pyridine rings is 1. The summed E-state index contributed by atoms with van der Waals surface area (Å²) in [7, 11) is 0. The van der Waals surface area contributed by atoms with Crippen molar-refractivity contribution in [3.8, 4) is 0 Å². The predicted molar refractivity (Wildman–Crippen MR) is 120 cm³/mol. The molecule has 1 aromatic carbocycles. The van der Waals surface area contributed by atoms with Crippen LogP contribution in [0.1, 0.15) is 62.6 Å². The van der Waals surface area contributed by atoms with E-state index < -0.39 is 11.5 Å². The molecule has 168 valence electrons. The van der Waals surface area contributed by atoms with Crippen molar-refractivity contribution in [2.24, 2.45) is 5.92 Å². The lowest BCUT2D eigenvalue weighted by atomic mass is 9.66. The van der Waals surface area contributed by atoms with Crippen LogP contribution in [-0.2, 0) is 11.5 Å². The summed E-state index contributed by atoms with van der Waals surface area (Å²) < 4.78 is 32.1. The maximum atomic E-state index is 15.1. The van der Waals surface area contributed by atoms with E-state index in [0.29, 0.717) is 41.3 Å². The lowest BCUT2D eigenvalue weighted by Gasteiger charge is -2.48. The van der Waals surface area contributed by atoms with E-state index in [0.717, 1.165) is 31.2 Å². The van der Waals surface area contributed by atoms with Crippen molar-refractivity contribution in [2.75, 3.05) is 11.9 Å². The first-order valence-electron chi connectivity index (χ1n) is 11.6. The van der Waals surface area contributed by atoms with Gasteiger partial charge in [0.2, 0.25) is 0 Å². The number of rotatable bonds is 3. The van der Waals surface area contributed by atoms with E-state index in [4.69, 9.17) is 5.10 Å². The topological polar surface area (TPSA) is 74.7 Å². The highest BCUT2D eigenvalue weighted by Crippen LogP contribution is 2.61. The van der Waals surface area contributed by atoms with Crippen molar-refractivity contribution in [2.45, 2.75) is 63.0 Å². The molecule has 2 aliphatic carbocycles. The Balaban J connectivity index is 1.40. The van der Waals surface area contributed by atoms with Gasteiger partial charge >= 0.3 is 0 Å². The van der Waals surface area contributed by atoms with Crippen LogP contribution >= 0.6 is 0 Å². The Kier molecular flexibility index (Phi) is 4.28. The Labute approximate surface area is 184 Å². The van der Waals surface area contributed by atoms with Crippen molar-refractivity contribution >= 4 is 22.4 Å². The molecule has 8 heteroatoms. The number of hydrogen-bond donors (Lipinski definition) is 3. The van der Waals surface area contributed by atoms with Gasteiger partial charge in [-0.25, -0.2) is 0 Å². The molecule has 6 nitrogen and oxygen atoms in total. The molecule has 1 saturated heterocycles. The zero-order valence-electron chi connectivity index (χ0n) is 18.0. The van der Waals surface area contributed by atoms with Crippen molar-refractivity contribution < 1.29 is 8.78 Å². The molecule has 3 atom stereocenters. The van der Waals surface area contributed by atoms with E-state index in [-0.39, 0.29) is 17.2 Å². The number of halogens is 2. The molecule has 1 aliphatic heterocycles. The summed E-state index contributed by atoms with van der Waals surface area (Å²) in [6.07, 6.45) is 7.34. The van der Waals surface area contributed by atoms with Gasteiger partial charge in [0.25, 0.3) is 11.5 Å². The van der Waals surface area contributed by atoms with E-state index in [1.165, 1.54) is 12.5 Å². The van der Waals surface area contributed by atoms with Gasteiger partial charge in [-0.3, -0.25) is 9.48 Å². The summed E-state index contributed by atoms with van der Waals surface area (Å²) in [4.78, 5) is 15.4. The van der Waals surface area contributed by atoms with Crippen molar-refractivity contribution in [1.82, 2.24) is 20.1 Å². The number of aromatic nitrogens is 3. The molecule has 0 bridgehead atoms. The van der Waals surface area contributed by atoms with Gasteiger partial charge in [0, 0.05) is 17.4 Å². The van der Waals surface area contributed by atoms with Crippen LogP contribution in [0.2, 0.25) is 0 Å². The van der Waals surface area contributed by atoms with Gasteiger partial charge in [0.05, 0.1) is 11.6 Å². The van der Waals surface area contributed by atoms with Crippen molar-refractivity contribution in [3.63, 3.8) is 0 Å². The number of hydrogen-bond acceptors (Lipinski definition) is 4. The number of H-pyrrole nitrogens is 1. The Morgan fingerprint density at radius 1 is 1.16 bits per heavy atom.